The van der Waals surface area contributed by atoms with Gasteiger partial charge < -0.3 is 9.84 Å². The SMILES string of the molecule is C=C1C[C@@H]2[C@H](C)CO[C@@H]2C[C@]1(C)O. The molecule has 1 saturated carbocycles. The van der Waals surface area contributed by atoms with Gasteiger partial charge in [-0.15, -0.1) is 0 Å². The van der Waals surface area contributed by atoms with Gasteiger partial charge in [-0.1, -0.05) is 13.5 Å². The van der Waals surface area contributed by atoms with Crippen LogP contribution in [-0.4, -0.2) is 23.4 Å². The summed E-state index contributed by atoms with van der Waals surface area (Å²) in [6.45, 7) is 8.87. The van der Waals surface area contributed by atoms with Gasteiger partial charge in [0.15, 0.2) is 0 Å². The first kappa shape index (κ1) is 9.22. The van der Waals surface area contributed by atoms with Gasteiger partial charge in [0, 0.05) is 13.0 Å². The lowest BCUT2D eigenvalue weighted by atomic mass is 9.72. The van der Waals surface area contributed by atoms with Crippen LogP contribution in [0.5, 0.6) is 0 Å². The van der Waals surface area contributed by atoms with Gasteiger partial charge in [0.2, 0.25) is 0 Å². The van der Waals surface area contributed by atoms with Crippen molar-refractivity contribution in [1.29, 1.82) is 0 Å². The minimum atomic E-state index is -0.703. The molecule has 0 aromatic heterocycles. The van der Waals surface area contributed by atoms with Crippen molar-refractivity contribution in [3.05, 3.63) is 12.2 Å². The zero-order chi connectivity index (χ0) is 9.64. The number of rotatable bonds is 0. The molecule has 13 heavy (non-hydrogen) atoms. The zero-order valence-electron chi connectivity index (χ0n) is 8.42. The first-order chi connectivity index (χ1) is 6.00. The number of aliphatic hydroxyl groups is 1. The van der Waals surface area contributed by atoms with Crippen molar-refractivity contribution in [2.75, 3.05) is 6.61 Å². The second kappa shape index (κ2) is 2.82. The van der Waals surface area contributed by atoms with E-state index < -0.39 is 5.60 Å². The molecule has 2 fully saturated rings. The minimum Gasteiger partial charge on any atom is -0.386 e. The lowest BCUT2D eigenvalue weighted by molar-refractivity contribution is -0.0175. The summed E-state index contributed by atoms with van der Waals surface area (Å²) in [6.07, 6.45) is 1.91. The summed E-state index contributed by atoms with van der Waals surface area (Å²) in [4.78, 5) is 0. The third-order valence-electron chi connectivity index (χ3n) is 3.62. The highest BCUT2D eigenvalue weighted by molar-refractivity contribution is 5.17. The summed E-state index contributed by atoms with van der Waals surface area (Å²) in [6, 6.07) is 0. The van der Waals surface area contributed by atoms with Crippen LogP contribution in [0.2, 0.25) is 0 Å². The summed E-state index contributed by atoms with van der Waals surface area (Å²) in [7, 11) is 0. The molecule has 1 aliphatic carbocycles. The summed E-state index contributed by atoms with van der Waals surface area (Å²) < 4.78 is 5.65. The summed E-state index contributed by atoms with van der Waals surface area (Å²) in [5.41, 5.74) is 0.275. The highest BCUT2D eigenvalue weighted by atomic mass is 16.5. The standard InChI is InChI=1S/C11H18O2/c1-7-6-13-10-5-11(3,12)8(2)4-9(7)10/h7,9-10,12H,2,4-6H2,1,3H3/t7-,9-,10-,11+/m1/s1. The molecule has 2 nitrogen and oxygen atoms in total. The fourth-order valence-corrected chi connectivity index (χ4v) is 2.47. The van der Waals surface area contributed by atoms with Crippen LogP contribution in [0.25, 0.3) is 0 Å². The van der Waals surface area contributed by atoms with Crippen LogP contribution in [0.1, 0.15) is 26.7 Å². The first-order valence-corrected chi connectivity index (χ1v) is 5.03. The second-order valence-corrected chi connectivity index (χ2v) is 4.80. The molecule has 1 saturated heterocycles. The highest BCUT2D eigenvalue weighted by Gasteiger charge is 2.44. The van der Waals surface area contributed by atoms with Gasteiger partial charge in [-0.25, -0.2) is 0 Å². The predicted octanol–water partition coefficient (Wildman–Crippen LogP) is 1.74. The Balaban J connectivity index is 2.16. The molecule has 0 bridgehead atoms. The van der Waals surface area contributed by atoms with E-state index in [2.05, 4.69) is 13.5 Å². The Morgan fingerprint density at radius 2 is 2.31 bits per heavy atom. The third kappa shape index (κ3) is 1.42. The molecule has 1 heterocycles. The molecule has 2 heteroatoms. The number of hydrogen-bond donors (Lipinski definition) is 1. The fourth-order valence-electron chi connectivity index (χ4n) is 2.47. The minimum absolute atomic E-state index is 0.260. The average Bonchev–Trinajstić information content (AvgIpc) is 2.34. The van der Waals surface area contributed by atoms with Gasteiger partial charge in [0.05, 0.1) is 11.7 Å². The maximum absolute atomic E-state index is 10.00. The number of fused-ring (bicyclic) bond motifs is 1. The fraction of sp³-hybridized carbons (Fsp3) is 0.818. The average molecular weight is 182 g/mol. The van der Waals surface area contributed by atoms with Crippen molar-refractivity contribution in [3.63, 3.8) is 0 Å². The van der Waals surface area contributed by atoms with Crippen molar-refractivity contribution in [2.45, 2.75) is 38.4 Å². The Labute approximate surface area is 79.6 Å². The molecule has 2 rings (SSSR count). The maximum Gasteiger partial charge on any atom is 0.0851 e. The topological polar surface area (TPSA) is 29.5 Å². The zero-order valence-corrected chi connectivity index (χ0v) is 8.42. The predicted molar refractivity (Wildman–Crippen MR) is 51.4 cm³/mol. The van der Waals surface area contributed by atoms with Crippen molar-refractivity contribution in [3.8, 4) is 0 Å². The maximum atomic E-state index is 10.00. The van der Waals surface area contributed by atoms with Gasteiger partial charge >= 0.3 is 0 Å². The van der Waals surface area contributed by atoms with Crippen LogP contribution in [0.15, 0.2) is 12.2 Å². The molecule has 0 amide bonds. The summed E-state index contributed by atoms with van der Waals surface area (Å²) >= 11 is 0. The van der Waals surface area contributed by atoms with Crippen LogP contribution in [0.3, 0.4) is 0 Å². The van der Waals surface area contributed by atoms with E-state index in [9.17, 15) is 5.11 Å². The van der Waals surface area contributed by atoms with Crippen LogP contribution in [-0.2, 0) is 4.74 Å². The number of hydrogen-bond acceptors (Lipinski definition) is 2. The van der Waals surface area contributed by atoms with E-state index in [0.717, 1.165) is 25.0 Å². The second-order valence-electron chi connectivity index (χ2n) is 4.80. The lowest BCUT2D eigenvalue weighted by Crippen LogP contribution is -2.40. The van der Waals surface area contributed by atoms with Gasteiger partial charge in [-0.2, -0.15) is 0 Å². The Morgan fingerprint density at radius 1 is 1.62 bits per heavy atom. The molecule has 1 aliphatic heterocycles. The van der Waals surface area contributed by atoms with Crippen molar-refractivity contribution in [1.82, 2.24) is 0 Å². The third-order valence-corrected chi connectivity index (χ3v) is 3.62. The normalized spacial score (nSPS) is 50.7. The molecule has 4 atom stereocenters. The lowest BCUT2D eigenvalue weighted by Gasteiger charge is -2.38. The molecular weight excluding hydrogens is 164 g/mol. The van der Waals surface area contributed by atoms with Crippen LogP contribution in [0, 0.1) is 11.8 Å². The van der Waals surface area contributed by atoms with E-state index in [4.69, 9.17) is 4.74 Å². The Morgan fingerprint density at radius 3 is 3.00 bits per heavy atom. The largest absolute Gasteiger partial charge is 0.386 e. The van der Waals surface area contributed by atoms with Gasteiger partial charge in [-0.05, 0) is 30.8 Å². The van der Waals surface area contributed by atoms with Crippen LogP contribution < -0.4 is 0 Å². The molecule has 0 aromatic carbocycles. The molecule has 74 valence electrons. The highest BCUT2D eigenvalue weighted by Crippen LogP contribution is 2.43. The van der Waals surface area contributed by atoms with Crippen LogP contribution in [0.4, 0.5) is 0 Å². The van der Waals surface area contributed by atoms with E-state index in [1.807, 2.05) is 6.92 Å². The Hall–Kier alpha value is -0.340. The van der Waals surface area contributed by atoms with E-state index in [1.54, 1.807) is 0 Å². The Kier molecular flexibility index (Phi) is 2.00. The molecule has 2 aliphatic rings. The van der Waals surface area contributed by atoms with Crippen molar-refractivity contribution in [2.24, 2.45) is 11.8 Å². The van der Waals surface area contributed by atoms with E-state index in [1.165, 1.54) is 0 Å². The Bertz CT molecular complexity index is 232. The molecule has 0 unspecified atom stereocenters. The van der Waals surface area contributed by atoms with Crippen molar-refractivity contribution >= 4 is 0 Å². The molecule has 0 spiro atoms. The van der Waals surface area contributed by atoms with E-state index in [0.29, 0.717) is 11.8 Å². The smallest absolute Gasteiger partial charge is 0.0851 e. The van der Waals surface area contributed by atoms with Gasteiger partial charge in [-0.3, -0.25) is 0 Å². The summed E-state index contributed by atoms with van der Waals surface area (Å²) in [5, 5.41) is 10.00. The first-order valence-electron chi connectivity index (χ1n) is 5.03. The molecule has 0 aromatic rings. The van der Waals surface area contributed by atoms with Crippen molar-refractivity contribution < 1.29 is 9.84 Å². The summed E-state index contributed by atoms with van der Waals surface area (Å²) in [5.74, 6) is 1.21. The van der Waals surface area contributed by atoms with Gasteiger partial charge in [0.25, 0.3) is 0 Å². The molecular formula is C11H18O2. The quantitative estimate of drug-likeness (QED) is 0.578. The van der Waals surface area contributed by atoms with Crippen LogP contribution >= 0.6 is 0 Å². The van der Waals surface area contributed by atoms with Gasteiger partial charge in [0.1, 0.15) is 0 Å². The number of ether oxygens (including phenoxy) is 1. The molecule has 1 N–H and O–H groups in total. The van der Waals surface area contributed by atoms with E-state index in [-0.39, 0.29) is 6.10 Å². The van der Waals surface area contributed by atoms with E-state index >= 15 is 0 Å². The monoisotopic (exact) mass is 182 g/mol. The molecule has 0 radical (unpaired) electrons.